The Morgan fingerprint density at radius 2 is 1.80 bits per heavy atom. The number of hydrogen-bond acceptors (Lipinski definition) is 5. The first kappa shape index (κ1) is 18.3. The summed E-state index contributed by atoms with van der Waals surface area (Å²) in [6.45, 7) is 2.35. The minimum atomic E-state index is -1.07. The second-order valence-corrected chi connectivity index (χ2v) is 6.74. The average Bonchev–Trinajstić information content (AvgIpc) is 3.22. The zero-order chi connectivity index (χ0) is 17.8. The predicted molar refractivity (Wildman–Crippen MR) is 89.2 cm³/mol. The highest BCUT2D eigenvalue weighted by molar-refractivity contribution is 5.77. The minimum absolute atomic E-state index is 0.0336. The Labute approximate surface area is 146 Å². The minimum Gasteiger partial charge on any atom is -0.388 e. The molecule has 1 aromatic carbocycles. The van der Waals surface area contributed by atoms with E-state index in [4.69, 9.17) is 4.74 Å². The van der Waals surface area contributed by atoms with Crippen LogP contribution in [0.5, 0.6) is 0 Å². The molecule has 2 heterocycles. The number of likely N-dealkylation sites (tertiary alicyclic amines) is 1. The molecule has 1 aromatic rings. The van der Waals surface area contributed by atoms with E-state index in [0.717, 1.165) is 31.5 Å². The number of carbonyl (C=O) groups is 1. The van der Waals surface area contributed by atoms with Crippen LogP contribution in [0.3, 0.4) is 0 Å². The third-order valence-corrected chi connectivity index (χ3v) is 4.88. The van der Waals surface area contributed by atoms with Crippen LogP contribution in [-0.4, -0.2) is 65.1 Å². The molecule has 0 aromatic heterocycles. The number of aliphatic hydroxyl groups excluding tert-OH is 2. The van der Waals surface area contributed by atoms with Crippen LogP contribution in [0.4, 0.5) is 4.39 Å². The topological polar surface area (TPSA) is 82.0 Å². The van der Waals surface area contributed by atoms with Crippen molar-refractivity contribution in [2.75, 3.05) is 19.6 Å². The normalized spacial score (nSPS) is 29.3. The van der Waals surface area contributed by atoms with E-state index in [1.54, 1.807) is 17.0 Å². The van der Waals surface area contributed by atoms with Crippen molar-refractivity contribution in [3.8, 4) is 0 Å². The highest BCUT2D eigenvalue weighted by Gasteiger charge is 2.43. The molecule has 2 fully saturated rings. The summed E-state index contributed by atoms with van der Waals surface area (Å²) in [5, 5.41) is 23.4. The molecule has 4 atom stereocenters. The number of hydrogen-bond donors (Lipinski definition) is 3. The van der Waals surface area contributed by atoms with E-state index in [9.17, 15) is 19.4 Å². The van der Waals surface area contributed by atoms with Crippen LogP contribution in [0.1, 0.15) is 24.8 Å². The van der Waals surface area contributed by atoms with Crippen LogP contribution in [0, 0.1) is 5.82 Å². The molecule has 1 amide bonds. The first-order valence-corrected chi connectivity index (χ1v) is 8.79. The summed E-state index contributed by atoms with van der Waals surface area (Å²) in [7, 11) is 0. The van der Waals surface area contributed by atoms with E-state index in [-0.39, 0.29) is 18.1 Å². The Hall–Kier alpha value is -1.54. The van der Waals surface area contributed by atoms with Crippen LogP contribution in [0.15, 0.2) is 24.3 Å². The smallest absolute Gasteiger partial charge is 0.225 e. The first-order valence-electron chi connectivity index (χ1n) is 8.79. The zero-order valence-electron chi connectivity index (χ0n) is 14.1. The van der Waals surface area contributed by atoms with Gasteiger partial charge in [0.2, 0.25) is 5.91 Å². The highest BCUT2D eigenvalue weighted by atomic mass is 19.1. The van der Waals surface area contributed by atoms with Gasteiger partial charge >= 0.3 is 0 Å². The van der Waals surface area contributed by atoms with Gasteiger partial charge in [0.1, 0.15) is 18.0 Å². The molecule has 7 heteroatoms. The fourth-order valence-corrected chi connectivity index (χ4v) is 3.39. The summed E-state index contributed by atoms with van der Waals surface area (Å²) in [6, 6.07) is 6.14. The molecule has 0 aliphatic carbocycles. The molecule has 0 bridgehead atoms. The van der Waals surface area contributed by atoms with Crippen LogP contribution in [0.2, 0.25) is 0 Å². The second-order valence-electron chi connectivity index (χ2n) is 6.74. The van der Waals surface area contributed by atoms with Crippen molar-refractivity contribution in [3.63, 3.8) is 0 Å². The van der Waals surface area contributed by atoms with E-state index < -0.39 is 24.4 Å². The Bertz CT molecular complexity index is 577. The second kappa shape index (κ2) is 8.23. The maximum atomic E-state index is 12.9. The fourth-order valence-electron chi connectivity index (χ4n) is 3.39. The highest BCUT2D eigenvalue weighted by Crippen LogP contribution is 2.24. The van der Waals surface area contributed by atoms with Gasteiger partial charge < -0.3 is 25.2 Å². The fraction of sp³-hybridized carbons (Fsp3) is 0.611. The summed E-state index contributed by atoms with van der Waals surface area (Å²) in [5.74, 6) is -0.319. The van der Waals surface area contributed by atoms with Gasteiger partial charge in [-0.1, -0.05) is 12.1 Å². The van der Waals surface area contributed by atoms with E-state index in [2.05, 4.69) is 5.32 Å². The van der Waals surface area contributed by atoms with E-state index in [0.29, 0.717) is 13.1 Å². The van der Waals surface area contributed by atoms with E-state index in [1.165, 1.54) is 12.1 Å². The van der Waals surface area contributed by atoms with Crippen molar-refractivity contribution in [1.29, 1.82) is 0 Å². The first-order chi connectivity index (χ1) is 12.0. The quantitative estimate of drug-likeness (QED) is 0.691. The monoisotopic (exact) mass is 352 g/mol. The van der Waals surface area contributed by atoms with Gasteiger partial charge in [-0.05, 0) is 30.5 Å². The largest absolute Gasteiger partial charge is 0.388 e. The number of amides is 1. The molecule has 0 radical (unpaired) electrons. The van der Waals surface area contributed by atoms with E-state index >= 15 is 0 Å². The number of ether oxygens (including phenoxy) is 1. The van der Waals surface area contributed by atoms with Gasteiger partial charge in [-0.3, -0.25) is 4.79 Å². The van der Waals surface area contributed by atoms with Gasteiger partial charge in [0.05, 0.1) is 18.6 Å². The Balaban J connectivity index is 1.46. The molecule has 4 unspecified atom stereocenters. The van der Waals surface area contributed by atoms with Gasteiger partial charge in [-0.25, -0.2) is 4.39 Å². The van der Waals surface area contributed by atoms with Crippen molar-refractivity contribution in [1.82, 2.24) is 10.2 Å². The summed E-state index contributed by atoms with van der Waals surface area (Å²) in [5.41, 5.74) is 0.912. The number of aliphatic hydroxyl groups is 2. The molecule has 0 spiro atoms. The number of nitrogens with zero attached hydrogens (tertiary/aromatic N) is 1. The predicted octanol–water partition coefficient (Wildman–Crippen LogP) is 0.417. The van der Waals surface area contributed by atoms with Gasteiger partial charge in [-0.15, -0.1) is 0 Å². The molecule has 138 valence electrons. The zero-order valence-corrected chi connectivity index (χ0v) is 14.1. The lowest BCUT2D eigenvalue weighted by Gasteiger charge is -2.19. The summed E-state index contributed by atoms with van der Waals surface area (Å²) in [6.07, 6.45) is -1.24. The summed E-state index contributed by atoms with van der Waals surface area (Å²) < 4.78 is 18.6. The van der Waals surface area contributed by atoms with Crippen molar-refractivity contribution in [2.24, 2.45) is 0 Å². The molecule has 2 aliphatic heterocycles. The lowest BCUT2D eigenvalue weighted by Crippen LogP contribution is -2.38. The number of nitrogens with one attached hydrogen (secondary N) is 1. The number of benzene rings is 1. The molecular weight excluding hydrogens is 327 g/mol. The third kappa shape index (κ3) is 4.55. The molecule has 25 heavy (non-hydrogen) atoms. The third-order valence-electron chi connectivity index (χ3n) is 4.88. The maximum absolute atomic E-state index is 12.9. The van der Waals surface area contributed by atoms with Crippen LogP contribution < -0.4 is 5.32 Å². The summed E-state index contributed by atoms with van der Waals surface area (Å²) >= 11 is 0. The molecule has 2 aliphatic rings. The maximum Gasteiger partial charge on any atom is 0.225 e. The van der Waals surface area contributed by atoms with Crippen molar-refractivity contribution in [2.45, 2.75) is 50.2 Å². The number of halogens is 1. The lowest BCUT2D eigenvalue weighted by atomic mass is 10.0. The Kier molecular flexibility index (Phi) is 6.01. The SMILES string of the molecule is O=C(CC1OC(CNCc2ccc(F)cc2)C(O)C1O)N1CCCC1. The van der Waals surface area contributed by atoms with Crippen molar-refractivity contribution in [3.05, 3.63) is 35.6 Å². The van der Waals surface area contributed by atoms with Gasteiger partial charge in [0, 0.05) is 26.2 Å². The van der Waals surface area contributed by atoms with Crippen molar-refractivity contribution >= 4 is 5.91 Å². The van der Waals surface area contributed by atoms with E-state index in [1.807, 2.05) is 0 Å². The van der Waals surface area contributed by atoms with Crippen LogP contribution >= 0.6 is 0 Å². The van der Waals surface area contributed by atoms with Gasteiger partial charge in [0.25, 0.3) is 0 Å². The van der Waals surface area contributed by atoms with Crippen LogP contribution in [-0.2, 0) is 16.1 Å². The number of carbonyl (C=O) groups excluding carboxylic acids is 1. The average molecular weight is 352 g/mol. The molecule has 6 nitrogen and oxygen atoms in total. The Morgan fingerprint density at radius 1 is 1.16 bits per heavy atom. The molecule has 2 saturated heterocycles. The lowest BCUT2D eigenvalue weighted by molar-refractivity contribution is -0.134. The molecule has 0 saturated carbocycles. The van der Waals surface area contributed by atoms with Gasteiger partial charge in [-0.2, -0.15) is 0 Å². The molecular formula is C18H25FN2O4. The van der Waals surface area contributed by atoms with Crippen LogP contribution in [0.25, 0.3) is 0 Å². The standard InChI is InChI=1S/C18H25FN2O4/c19-13-5-3-12(4-6-13)10-20-11-15-18(24)17(23)14(25-15)9-16(22)21-7-1-2-8-21/h3-6,14-15,17-18,20,23-24H,1-2,7-11H2. The van der Waals surface area contributed by atoms with Crippen molar-refractivity contribution < 1.29 is 24.1 Å². The molecule has 3 rings (SSSR count). The molecule has 3 N–H and O–H groups in total. The summed E-state index contributed by atoms with van der Waals surface area (Å²) in [4.78, 5) is 14.0. The Morgan fingerprint density at radius 3 is 2.48 bits per heavy atom. The number of rotatable bonds is 6. The van der Waals surface area contributed by atoms with Gasteiger partial charge in [0.15, 0.2) is 0 Å².